The molecule has 0 aliphatic carbocycles. The first-order valence-electron chi connectivity index (χ1n) is 10.1. The SMILES string of the molecule is O=C(Nc1ccc(Oc2cccnc2)cc1)C1CCCCN1Cc1cccc(F)c1. The van der Waals surface area contributed by atoms with Crippen LogP contribution in [0.5, 0.6) is 11.5 Å². The lowest BCUT2D eigenvalue weighted by atomic mass is 10.00. The fourth-order valence-electron chi connectivity index (χ4n) is 3.72. The van der Waals surface area contributed by atoms with Gasteiger partial charge in [0.2, 0.25) is 5.91 Å². The molecule has 1 amide bonds. The van der Waals surface area contributed by atoms with Crippen molar-refractivity contribution in [2.75, 3.05) is 11.9 Å². The Balaban J connectivity index is 1.39. The van der Waals surface area contributed by atoms with E-state index in [1.807, 2.05) is 42.5 Å². The highest BCUT2D eigenvalue weighted by Gasteiger charge is 2.28. The van der Waals surface area contributed by atoms with Gasteiger partial charge in [0.05, 0.1) is 12.2 Å². The average molecular weight is 405 g/mol. The normalized spacial score (nSPS) is 16.8. The van der Waals surface area contributed by atoms with Gasteiger partial charge in [0.25, 0.3) is 0 Å². The fourth-order valence-corrected chi connectivity index (χ4v) is 3.72. The number of rotatable bonds is 6. The van der Waals surface area contributed by atoms with E-state index in [2.05, 4.69) is 15.2 Å². The molecule has 5 nitrogen and oxygen atoms in total. The first-order valence-corrected chi connectivity index (χ1v) is 10.1. The lowest BCUT2D eigenvalue weighted by Gasteiger charge is -2.34. The van der Waals surface area contributed by atoms with E-state index in [9.17, 15) is 9.18 Å². The van der Waals surface area contributed by atoms with Crippen molar-refractivity contribution in [1.82, 2.24) is 9.88 Å². The number of nitrogens with zero attached hydrogens (tertiary/aromatic N) is 2. The van der Waals surface area contributed by atoms with Gasteiger partial charge in [-0.25, -0.2) is 4.39 Å². The van der Waals surface area contributed by atoms with Gasteiger partial charge in [0.15, 0.2) is 0 Å². The third-order valence-electron chi connectivity index (χ3n) is 5.18. The molecule has 1 saturated heterocycles. The third-order valence-corrected chi connectivity index (χ3v) is 5.18. The summed E-state index contributed by atoms with van der Waals surface area (Å²) in [6, 6.07) is 17.3. The van der Waals surface area contributed by atoms with Crippen LogP contribution in [0, 0.1) is 5.82 Å². The van der Waals surface area contributed by atoms with Crippen LogP contribution in [0.1, 0.15) is 24.8 Å². The molecule has 2 aromatic carbocycles. The molecule has 0 spiro atoms. The van der Waals surface area contributed by atoms with Gasteiger partial charge in [0.1, 0.15) is 17.3 Å². The molecule has 3 aromatic rings. The van der Waals surface area contributed by atoms with Crippen molar-refractivity contribution in [2.24, 2.45) is 0 Å². The lowest BCUT2D eigenvalue weighted by molar-refractivity contribution is -0.122. The van der Waals surface area contributed by atoms with Gasteiger partial charge < -0.3 is 10.1 Å². The summed E-state index contributed by atoms with van der Waals surface area (Å²) in [7, 11) is 0. The van der Waals surface area contributed by atoms with Gasteiger partial charge in [0, 0.05) is 18.4 Å². The summed E-state index contributed by atoms with van der Waals surface area (Å²) >= 11 is 0. The molecular formula is C24H24FN3O2. The van der Waals surface area contributed by atoms with E-state index in [1.54, 1.807) is 18.5 Å². The Kier molecular flexibility index (Phi) is 6.35. The van der Waals surface area contributed by atoms with Crippen LogP contribution < -0.4 is 10.1 Å². The number of amides is 1. The number of likely N-dealkylation sites (tertiary alicyclic amines) is 1. The van der Waals surface area contributed by atoms with Crippen LogP contribution in [0.4, 0.5) is 10.1 Å². The molecule has 154 valence electrons. The highest BCUT2D eigenvalue weighted by Crippen LogP contribution is 2.24. The van der Waals surface area contributed by atoms with Crippen LogP contribution in [-0.4, -0.2) is 28.4 Å². The highest BCUT2D eigenvalue weighted by molar-refractivity contribution is 5.94. The summed E-state index contributed by atoms with van der Waals surface area (Å²) in [4.78, 5) is 19.1. The smallest absolute Gasteiger partial charge is 0.241 e. The number of benzene rings is 2. The van der Waals surface area contributed by atoms with Crippen LogP contribution >= 0.6 is 0 Å². The summed E-state index contributed by atoms with van der Waals surface area (Å²) in [5, 5.41) is 3.01. The van der Waals surface area contributed by atoms with Crippen molar-refractivity contribution in [3.05, 3.63) is 84.4 Å². The molecular weight excluding hydrogens is 381 g/mol. The summed E-state index contributed by atoms with van der Waals surface area (Å²) in [5.41, 5.74) is 1.60. The van der Waals surface area contributed by atoms with Gasteiger partial charge in [-0.3, -0.25) is 14.7 Å². The topological polar surface area (TPSA) is 54.5 Å². The zero-order chi connectivity index (χ0) is 20.8. The zero-order valence-corrected chi connectivity index (χ0v) is 16.6. The summed E-state index contributed by atoms with van der Waals surface area (Å²) < 4.78 is 19.3. The van der Waals surface area contributed by atoms with Gasteiger partial charge in [-0.1, -0.05) is 18.6 Å². The van der Waals surface area contributed by atoms with E-state index in [-0.39, 0.29) is 17.8 Å². The molecule has 6 heteroatoms. The third kappa shape index (κ3) is 5.21. The molecule has 1 fully saturated rings. The molecule has 1 aromatic heterocycles. The Morgan fingerprint density at radius 3 is 2.73 bits per heavy atom. The number of ether oxygens (including phenoxy) is 1. The van der Waals surface area contributed by atoms with Crippen LogP contribution in [-0.2, 0) is 11.3 Å². The van der Waals surface area contributed by atoms with Crippen molar-refractivity contribution < 1.29 is 13.9 Å². The molecule has 1 atom stereocenters. The number of carbonyl (C=O) groups is 1. The second kappa shape index (κ2) is 9.50. The van der Waals surface area contributed by atoms with Crippen LogP contribution in [0.15, 0.2) is 73.1 Å². The lowest BCUT2D eigenvalue weighted by Crippen LogP contribution is -2.46. The Bertz CT molecular complexity index is 979. The Morgan fingerprint density at radius 1 is 1.10 bits per heavy atom. The number of aromatic nitrogens is 1. The van der Waals surface area contributed by atoms with Crippen molar-refractivity contribution >= 4 is 11.6 Å². The second-order valence-electron chi connectivity index (χ2n) is 7.42. The summed E-state index contributed by atoms with van der Waals surface area (Å²) in [5.74, 6) is 1.04. The monoisotopic (exact) mass is 405 g/mol. The minimum absolute atomic E-state index is 0.0352. The van der Waals surface area contributed by atoms with E-state index >= 15 is 0 Å². The van der Waals surface area contributed by atoms with Gasteiger partial charge in [-0.2, -0.15) is 0 Å². The van der Waals surface area contributed by atoms with Crippen LogP contribution in [0.3, 0.4) is 0 Å². The molecule has 4 rings (SSSR count). The molecule has 1 aliphatic rings. The maximum atomic E-state index is 13.5. The Labute approximate surface area is 175 Å². The van der Waals surface area contributed by atoms with Crippen molar-refractivity contribution in [3.63, 3.8) is 0 Å². The maximum Gasteiger partial charge on any atom is 0.241 e. The molecule has 1 aliphatic heterocycles. The van der Waals surface area contributed by atoms with E-state index in [1.165, 1.54) is 12.1 Å². The van der Waals surface area contributed by atoms with Crippen molar-refractivity contribution in [1.29, 1.82) is 0 Å². The molecule has 0 bridgehead atoms. The number of carbonyl (C=O) groups excluding carboxylic acids is 1. The number of anilines is 1. The molecule has 1 unspecified atom stereocenters. The van der Waals surface area contributed by atoms with E-state index in [0.29, 0.717) is 18.0 Å². The summed E-state index contributed by atoms with van der Waals surface area (Å²) in [6.07, 6.45) is 6.18. The summed E-state index contributed by atoms with van der Waals surface area (Å²) in [6.45, 7) is 1.39. The number of hydrogen-bond acceptors (Lipinski definition) is 4. The largest absolute Gasteiger partial charge is 0.456 e. The minimum Gasteiger partial charge on any atom is -0.456 e. The Hall–Kier alpha value is -3.25. The zero-order valence-electron chi connectivity index (χ0n) is 16.6. The number of hydrogen-bond donors (Lipinski definition) is 1. The maximum absolute atomic E-state index is 13.5. The highest BCUT2D eigenvalue weighted by atomic mass is 19.1. The first kappa shape index (κ1) is 20.0. The number of pyridine rings is 1. The van der Waals surface area contributed by atoms with E-state index < -0.39 is 0 Å². The van der Waals surface area contributed by atoms with Gasteiger partial charge >= 0.3 is 0 Å². The standard InChI is InChI=1S/C24H24FN3O2/c25-19-6-3-5-18(15-19)17-28-14-2-1-8-23(28)24(29)27-20-9-11-21(12-10-20)30-22-7-4-13-26-16-22/h3-7,9-13,15-16,23H,1-2,8,14,17H2,(H,27,29). The van der Waals surface area contributed by atoms with E-state index in [0.717, 1.165) is 37.1 Å². The predicted molar refractivity (Wildman–Crippen MR) is 114 cm³/mol. The molecule has 30 heavy (non-hydrogen) atoms. The molecule has 0 radical (unpaired) electrons. The molecule has 2 heterocycles. The quantitative estimate of drug-likeness (QED) is 0.627. The number of piperidine rings is 1. The van der Waals surface area contributed by atoms with E-state index in [4.69, 9.17) is 4.74 Å². The second-order valence-corrected chi connectivity index (χ2v) is 7.42. The molecule has 0 saturated carbocycles. The average Bonchev–Trinajstić information content (AvgIpc) is 2.76. The van der Waals surface area contributed by atoms with Crippen LogP contribution in [0.2, 0.25) is 0 Å². The van der Waals surface area contributed by atoms with Gasteiger partial charge in [-0.15, -0.1) is 0 Å². The predicted octanol–water partition coefficient (Wildman–Crippen LogP) is 5.01. The number of nitrogens with one attached hydrogen (secondary N) is 1. The van der Waals surface area contributed by atoms with Crippen molar-refractivity contribution in [3.8, 4) is 11.5 Å². The minimum atomic E-state index is -0.251. The molecule has 1 N–H and O–H groups in total. The van der Waals surface area contributed by atoms with Crippen LogP contribution in [0.25, 0.3) is 0 Å². The van der Waals surface area contributed by atoms with Crippen molar-refractivity contribution in [2.45, 2.75) is 31.8 Å². The van der Waals surface area contributed by atoms with Gasteiger partial charge in [-0.05, 0) is 73.5 Å². The first-order chi connectivity index (χ1) is 14.7. The number of halogens is 1. The fraction of sp³-hybridized carbons (Fsp3) is 0.250. The Morgan fingerprint density at radius 2 is 1.97 bits per heavy atom.